The van der Waals surface area contributed by atoms with E-state index >= 15 is 0 Å². The zero-order chi connectivity index (χ0) is 15.3. The van der Waals surface area contributed by atoms with E-state index < -0.39 is 16.0 Å². The molecule has 0 bridgehead atoms. The number of nitrogens with one attached hydrogen (secondary N) is 1. The normalized spacial score (nSPS) is 11.2. The average molecular weight is 301 g/mol. The highest BCUT2D eigenvalue weighted by Crippen LogP contribution is 2.29. The Hall–Kier alpha value is -1.76. The van der Waals surface area contributed by atoms with Crippen molar-refractivity contribution in [3.8, 4) is 5.75 Å². The van der Waals surface area contributed by atoms with Crippen molar-refractivity contribution in [3.05, 3.63) is 23.3 Å². The van der Waals surface area contributed by atoms with Gasteiger partial charge in [0, 0.05) is 12.0 Å². The van der Waals surface area contributed by atoms with Crippen LogP contribution in [0.2, 0.25) is 0 Å². The summed E-state index contributed by atoms with van der Waals surface area (Å²) in [7, 11) is -2.03. The third-order valence-electron chi connectivity index (χ3n) is 2.88. The van der Waals surface area contributed by atoms with Gasteiger partial charge in [-0.2, -0.15) is 0 Å². The van der Waals surface area contributed by atoms with Gasteiger partial charge in [-0.05, 0) is 31.9 Å². The standard InChI is InChI=1S/C13H19NO5S/c1-9-6-7-11(10(2)13(9)19-3)14-20(17,18)8-4-5-12(15)16/h6-7,14H,4-5,8H2,1-3H3,(H,15,16). The summed E-state index contributed by atoms with van der Waals surface area (Å²) in [5, 5.41) is 8.51. The minimum atomic E-state index is -3.56. The Kier molecular flexibility index (Phi) is 5.38. The van der Waals surface area contributed by atoms with E-state index in [0.29, 0.717) is 17.0 Å². The number of anilines is 1. The Morgan fingerprint density at radius 2 is 2.00 bits per heavy atom. The molecule has 0 atom stereocenters. The highest BCUT2D eigenvalue weighted by atomic mass is 32.2. The number of rotatable bonds is 7. The maximum atomic E-state index is 11.9. The van der Waals surface area contributed by atoms with Crippen LogP contribution < -0.4 is 9.46 Å². The molecule has 0 amide bonds. The van der Waals surface area contributed by atoms with Crippen LogP contribution in [-0.4, -0.2) is 32.4 Å². The third kappa shape index (κ3) is 4.41. The number of methoxy groups -OCH3 is 1. The van der Waals surface area contributed by atoms with Crippen LogP contribution in [0.5, 0.6) is 5.75 Å². The zero-order valence-corrected chi connectivity index (χ0v) is 12.6. The van der Waals surface area contributed by atoms with Crippen LogP contribution in [0.4, 0.5) is 5.69 Å². The smallest absolute Gasteiger partial charge is 0.303 e. The van der Waals surface area contributed by atoms with Crippen LogP contribution in [-0.2, 0) is 14.8 Å². The van der Waals surface area contributed by atoms with Crippen molar-refractivity contribution in [2.45, 2.75) is 26.7 Å². The number of carboxylic acid groups (broad SMARTS) is 1. The van der Waals surface area contributed by atoms with Gasteiger partial charge in [0.05, 0.1) is 18.6 Å². The van der Waals surface area contributed by atoms with Gasteiger partial charge in [-0.1, -0.05) is 6.07 Å². The predicted molar refractivity (Wildman–Crippen MR) is 76.7 cm³/mol. The fraction of sp³-hybridized carbons (Fsp3) is 0.462. The van der Waals surface area contributed by atoms with Crippen LogP contribution in [0.15, 0.2) is 12.1 Å². The molecular formula is C13H19NO5S. The van der Waals surface area contributed by atoms with Gasteiger partial charge >= 0.3 is 5.97 Å². The monoisotopic (exact) mass is 301 g/mol. The van der Waals surface area contributed by atoms with Crippen LogP contribution in [0.3, 0.4) is 0 Å². The molecule has 7 heteroatoms. The fourth-order valence-electron chi connectivity index (χ4n) is 1.88. The third-order valence-corrected chi connectivity index (χ3v) is 4.23. The Balaban J connectivity index is 2.85. The van der Waals surface area contributed by atoms with Gasteiger partial charge in [0.15, 0.2) is 0 Å². The van der Waals surface area contributed by atoms with E-state index in [4.69, 9.17) is 9.84 Å². The largest absolute Gasteiger partial charge is 0.496 e. The maximum Gasteiger partial charge on any atom is 0.303 e. The predicted octanol–water partition coefficient (Wildman–Crippen LogP) is 1.92. The number of hydrogen-bond donors (Lipinski definition) is 2. The molecule has 0 heterocycles. The molecule has 0 unspecified atom stereocenters. The fourth-order valence-corrected chi connectivity index (χ4v) is 3.07. The maximum absolute atomic E-state index is 11.9. The zero-order valence-electron chi connectivity index (χ0n) is 11.8. The summed E-state index contributed by atoms with van der Waals surface area (Å²) >= 11 is 0. The van der Waals surface area contributed by atoms with E-state index in [1.54, 1.807) is 19.1 Å². The Morgan fingerprint density at radius 1 is 1.35 bits per heavy atom. The molecule has 0 radical (unpaired) electrons. The second kappa shape index (κ2) is 6.60. The molecular weight excluding hydrogens is 282 g/mol. The lowest BCUT2D eigenvalue weighted by atomic mass is 10.1. The van der Waals surface area contributed by atoms with Crippen LogP contribution in [0.25, 0.3) is 0 Å². The average Bonchev–Trinajstić information content (AvgIpc) is 2.33. The molecule has 6 nitrogen and oxygen atoms in total. The van der Waals surface area contributed by atoms with Gasteiger partial charge in [0.2, 0.25) is 10.0 Å². The lowest BCUT2D eigenvalue weighted by molar-refractivity contribution is -0.137. The molecule has 1 aromatic rings. The highest BCUT2D eigenvalue weighted by molar-refractivity contribution is 7.92. The molecule has 0 aliphatic rings. The summed E-state index contributed by atoms with van der Waals surface area (Å²) in [6.45, 7) is 3.64. The van der Waals surface area contributed by atoms with E-state index in [1.165, 1.54) is 7.11 Å². The summed E-state index contributed by atoms with van der Waals surface area (Å²) < 4.78 is 31.4. The van der Waals surface area contributed by atoms with Crippen molar-refractivity contribution in [3.63, 3.8) is 0 Å². The molecule has 0 saturated carbocycles. The second-order valence-corrected chi connectivity index (χ2v) is 6.35. The molecule has 0 fully saturated rings. The molecule has 0 spiro atoms. The first kappa shape index (κ1) is 16.3. The molecule has 2 N–H and O–H groups in total. The number of carbonyl (C=O) groups is 1. The molecule has 0 aliphatic heterocycles. The Bertz CT molecular complexity index is 595. The van der Waals surface area contributed by atoms with Crippen molar-refractivity contribution >= 4 is 21.7 Å². The van der Waals surface area contributed by atoms with Crippen LogP contribution in [0, 0.1) is 13.8 Å². The lowest BCUT2D eigenvalue weighted by Crippen LogP contribution is -2.18. The first-order valence-corrected chi connectivity index (χ1v) is 7.78. The molecule has 112 valence electrons. The topological polar surface area (TPSA) is 92.7 Å². The summed E-state index contributed by atoms with van der Waals surface area (Å²) in [6.07, 6.45) is -0.0934. The number of aryl methyl sites for hydroxylation is 1. The quantitative estimate of drug-likeness (QED) is 0.802. The second-order valence-electron chi connectivity index (χ2n) is 4.51. The molecule has 0 aromatic heterocycles. The number of sulfonamides is 1. The summed E-state index contributed by atoms with van der Waals surface area (Å²) in [4.78, 5) is 10.4. The molecule has 1 rings (SSSR count). The van der Waals surface area contributed by atoms with E-state index in [2.05, 4.69) is 4.72 Å². The van der Waals surface area contributed by atoms with Crippen molar-refractivity contribution in [1.29, 1.82) is 0 Å². The van der Waals surface area contributed by atoms with Gasteiger partial charge in [-0.25, -0.2) is 8.42 Å². The van der Waals surface area contributed by atoms with E-state index in [0.717, 1.165) is 5.56 Å². The Labute approximate surface area is 118 Å². The molecule has 0 saturated heterocycles. The number of ether oxygens (including phenoxy) is 1. The van der Waals surface area contributed by atoms with Gasteiger partial charge in [0.1, 0.15) is 5.75 Å². The number of hydrogen-bond acceptors (Lipinski definition) is 4. The van der Waals surface area contributed by atoms with Gasteiger partial charge in [-0.3, -0.25) is 9.52 Å². The summed E-state index contributed by atoms with van der Waals surface area (Å²) in [5.41, 5.74) is 2.07. The summed E-state index contributed by atoms with van der Waals surface area (Å²) in [6, 6.07) is 3.43. The van der Waals surface area contributed by atoms with Gasteiger partial charge < -0.3 is 9.84 Å². The summed E-state index contributed by atoms with van der Waals surface area (Å²) in [5.74, 6) is -0.598. The Morgan fingerprint density at radius 3 is 2.55 bits per heavy atom. The molecule has 20 heavy (non-hydrogen) atoms. The van der Waals surface area contributed by atoms with Crippen LogP contribution >= 0.6 is 0 Å². The van der Waals surface area contributed by atoms with E-state index in [9.17, 15) is 13.2 Å². The van der Waals surface area contributed by atoms with E-state index in [1.807, 2.05) is 6.92 Å². The first-order chi connectivity index (χ1) is 9.26. The van der Waals surface area contributed by atoms with Crippen molar-refractivity contribution in [2.75, 3.05) is 17.6 Å². The van der Waals surface area contributed by atoms with Crippen molar-refractivity contribution < 1.29 is 23.1 Å². The number of aliphatic carboxylic acids is 1. The van der Waals surface area contributed by atoms with Gasteiger partial charge in [0.25, 0.3) is 0 Å². The minimum absolute atomic E-state index is 0.0761. The van der Waals surface area contributed by atoms with E-state index in [-0.39, 0.29) is 18.6 Å². The van der Waals surface area contributed by atoms with Crippen LogP contribution in [0.1, 0.15) is 24.0 Å². The van der Waals surface area contributed by atoms with Crippen molar-refractivity contribution in [1.82, 2.24) is 0 Å². The number of carboxylic acids is 1. The SMILES string of the molecule is COc1c(C)ccc(NS(=O)(=O)CCCC(=O)O)c1C. The molecule has 1 aromatic carbocycles. The molecule has 0 aliphatic carbocycles. The highest BCUT2D eigenvalue weighted by Gasteiger charge is 2.15. The first-order valence-electron chi connectivity index (χ1n) is 6.13. The minimum Gasteiger partial charge on any atom is -0.496 e. The van der Waals surface area contributed by atoms with Crippen molar-refractivity contribution in [2.24, 2.45) is 0 Å². The van der Waals surface area contributed by atoms with Gasteiger partial charge in [-0.15, -0.1) is 0 Å². The lowest BCUT2D eigenvalue weighted by Gasteiger charge is -2.14. The number of benzene rings is 1.